The van der Waals surface area contributed by atoms with Gasteiger partial charge in [-0.3, -0.25) is 4.79 Å². The molecule has 0 bridgehead atoms. The molecule has 2 nitrogen and oxygen atoms in total. The number of unbranched alkanes of at least 4 members (excludes halogenated alkanes) is 8. The maximum atomic E-state index is 12.7. The molecule has 3 rings (SSSR count). The second kappa shape index (κ2) is 9.56. The number of nitrogens with one attached hydrogen (secondary N) is 1. The van der Waals surface area contributed by atoms with Gasteiger partial charge in [-0.15, -0.1) is 0 Å². The Balaban J connectivity index is 1.51. The van der Waals surface area contributed by atoms with Crippen molar-refractivity contribution in [2.75, 3.05) is 0 Å². The smallest absolute Gasteiger partial charge is 0.164 e. The van der Waals surface area contributed by atoms with Crippen LogP contribution in [0.5, 0.6) is 0 Å². The van der Waals surface area contributed by atoms with E-state index in [0.717, 1.165) is 28.4 Å². The summed E-state index contributed by atoms with van der Waals surface area (Å²) in [6, 6.07) is 14.3. The first-order valence-electron chi connectivity index (χ1n) is 10.3. The van der Waals surface area contributed by atoms with Crippen LogP contribution in [0.25, 0.3) is 21.8 Å². The van der Waals surface area contributed by atoms with E-state index in [9.17, 15) is 4.79 Å². The molecular formula is C24H31NO. The largest absolute Gasteiger partial charge is 0.354 e. The number of aromatic nitrogens is 1. The summed E-state index contributed by atoms with van der Waals surface area (Å²) in [5.41, 5.74) is 2.94. The zero-order chi connectivity index (χ0) is 18.2. The molecule has 0 radical (unpaired) electrons. The third-order valence-electron chi connectivity index (χ3n) is 5.35. The third-order valence-corrected chi connectivity index (χ3v) is 5.35. The topological polar surface area (TPSA) is 32.9 Å². The molecule has 0 amide bonds. The van der Waals surface area contributed by atoms with Crippen molar-refractivity contribution in [2.24, 2.45) is 0 Å². The molecule has 138 valence electrons. The van der Waals surface area contributed by atoms with Crippen LogP contribution in [0.15, 0.2) is 42.5 Å². The molecular weight excluding hydrogens is 318 g/mol. The van der Waals surface area contributed by atoms with E-state index in [-0.39, 0.29) is 5.78 Å². The summed E-state index contributed by atoms with van der Waals surface area (Å²) in [6.07, 6.45) is 12.2. The van der Waals surface area contributed by atoms with Crippen molar-refractivity contribution in [3.8, 4) is 0 Å². The number of hydrogen-bond acceptors (Lipinski definition) is 1. The molecule has 26 heavy (non-hydrogen) atoms. The van der Waals surface area contributed by atoms with Crippen LogP contribution in [0, 0.1) is 0 Å². The summed E-state index contributed by atoms with van der Waals surface area (Å²) in [6.45, 7) is 2.26. The summed E-state index contributed by atoms with van der Waals surface area (Å²) in [5.74, 6) is 0.269. The quantitative estimate of drug-likeness (QED) is 0.283. The molecule has 0 spiro atoms. The zero-order valence-electron chi connectivity index (χ0n) is 16.0. The Morgan fingerprint density at radius 2 is 1.42 bits per heavy atom. The predicted molar refractivity (Wildman–Crippen MR) is 112 cm³/mol. The van der Waals surface area contributed by atoms with E-state index >= 15 is 0 Å². The first-order valence-corrected chi connectivity index (χ1v) is 10.3. The lowest BCUT2D eigenvalue weighted by Crippen LogP contribution is -2.00. The van der Waals surface area contributed by atoms with Crippen molar-refractivity contribution in [3.63, 3.8) is 0 Å². The van der Waals surface area contributed by atoms with Crippen LogP contribution in [0.1, 0.15) is 81.5 Å². The summed E-state index contributed by atoms with van der Waals surface area (Å²) in [7, 11) is 0. The van der Waals surface area contributed by atoms with E-state index in [1.54, 1.807) is 0 Å². The van der Waals surface area contributed by atoms with Gasteiger partial charge < -0.3 is 4.98 Å². The van der Waals surface area contributed by atoms with E-state index in [1.807, 2.05) is 24.3 Å². The average molecular weight is 350 g/mol. The Labute approximate surface area is 157 Å². The number of carbonyl (C=O) groups excluding carboxylic acids is 1. The minimum atomic E-state index is 0.269. The van der Waals surface area contributed by atoms with Gasteiger partial charge in [0.25, 0.3) is 0 Å². The number of H-pyrrole nitrogens is 1. The number of hydrogen-bond donors (Lipinski definition) is 1. The lowest BCUT2D eigenvalue weighted by Gasteiger charge is -2.04. The number of rotatable bonds is 11. The summed E-state index contributed by atoms with van der Waals surface area (Å²) in [4.78, 5) is 16.2. The van der Waals surface area contributed by atoms with Gasteiger partial charge in [-0.2, -0.15) is 0 Å². The van der Waals surface area contributed by atoms with Gasteiger partial charge in [-0.1, -0.05) is 88.6 Å². The Morgan fingerprint density at radius 1 is 0.769 bits per heavy atom. The minimum Gasteiger partial charge on any atom is -0.354 e. The second-order valence-electron chi connectivity index (χ2n) is 7.40. The molecule has 1 N–H and O–H groups in total. The van der Waals surface area contributed by atoms with Crippen LogP contribution in [0.2, 0.25) is 0 Å². The lowest BCUT2D eigenvalue weighted by atomic mass is 10.0. The van der Waals surface area contributed by atoms with Gasteiger partial charge in [0.1, 0.15) is 0 Å². The molecule has 0 unspecified atom stereocenters. The molecule has 1 aromatic heterocycles. The van der Waals surface area contributed by atoms with Crippen LogP contribution in [-0.2, 0) is 0 Å². The highest BCUT2D eigenvalue weighted by Gasteiger charge is 2.13. The fraction of sp³-hybridized carbons (Fsp3) is 0.458. The average Bonchev–Trinajstić information content (AvgIpc) is 3.05. The highest BCUT2D eigenvalue weighted by atomic mass is 16.1. The lowest BCUT2D eigenvalue weighted by molar-refractivity contribution is 0.0980. The van der Waals surface area contributed by atoms with Gasteiger partial charge in [0, 0.05) is 28.3 Å². The Morgan fingerprint density at radius 3 is 2.19 bits per heavy atom. The van der Waals surface area contributed by atoms with E-state index in [1.165, 1.54) is 56.8 Å². The highest BCUT2D eigenvalue weighted by Crippen LogP contribution is 2.28. The number of fused-ring (bicyclic) bond motifs is 3. The van der Waals surface area contributed by atoms with Gasteiger partial charge in [0.2, 0.25) is 0 Å². The minimum absolute atomic E-state index is 0.269. The standard InChI is InChI=1S/C24H31NO/c1-2-3-4-5-6-7-8-9-10-18-23(26)21-16-13-15-20-19-14-11-12-17-22(19)25-24(20)21/h11-17,25H,2-10,18H2,1H3. The fourth-order valence-corrected chi connectivity index (χ4v) is 3.84. The number of aromatic amines is 1. The van der Waals surface area contributed by atoms with Crippen molar-refractivity contribution >= 4 is 27.6 Å². The first-order chi connectivity index (χ1) is 12.8. The van der Waals surface area contributed by atoms with E-state index < -0.39 is 0 Å². The molecule has 0 fully saturated rings. The van der Waals surface area contributed by atoms with Crippen molar-refractivity contribution in [2.45, 2.75) is 71.1 Å². The number of Topliss-reactive ketones (excluding diaryl/α,β-unsaturated/α-hetero) is 1. The first kappa shape index (κ1) is 18.7. The molecule has 3 aromatic rings. The molecule has 2 aromatic carbocycles. The monoisotopic (exact) mass is 349 g/mol. The number of carbonyl (C=O) groups is 1. The second-order valence-corrected chi connectivity index (χ2v) is 7.40. The van der Waals surface area contributed by atoms with Crippen molar-refractivity contribution in [1.82, 2.24) is 4.98 Å². The summed E-state index contributed by atoms with van der Waals surface area (Å²) in [5, 5.41) is 2.35. The van der Waals surface area contributed by atoms with Gasteiger partial charge >= 0.3 is 0 Å². The van der Waals surface area contributed by atoms with Gasteiger partial charge in [0.05, 0.1) is 5.52 Å². The van der Waals surface area contributed by atoms with Gasteiger partial charge in [-0.05, 0) is 18.6 Å². The fourth-order valence-electron chi connectivity index (χ4n) is 3.84. The molecule has 1 heterocycles. The van der Waals surface area contributed by atoms with Gasteiger partial charge in [0.15, 0.2) is 5.78 Å². The van der Waals surface area contributed by atoms with E-state index in [4.69, 9.17) is 0 Å². The summed E-state index contributed by atoms with van der Waals surface area (Å²) >= 11 is 0. The van der Waals surface area contributed by atoms with E-state index in [2.05, 4.69) is 30.1 Å². The third kappa shape index (κ3) is 4.55. The van der Waals surface area contributed by atoms with Crippen LogP contribution in [-0.4, -0.2) is 10.8 Å². The molecule has 0 aliphatic rings. The predicted octanol–water partition coefficient (Wildman–Crippen LogP) is 7.42. The number of ketones is 1. The normalized spacial score (nSPS) is 11.4. The number of para-hydroxylation sites is 2. The van der Waals surface area contributed by atoms with Gasteiger partial charge in [-0.25, -0.2) is 0 Å². The molecule has 0 saturated carbocycles. The van der Waals surface area contributed by atoms with Crippen molar-refractivity contribution in [3.05, 3.63) is 48.0 Å². The summed E-state index contributed by atoms with van der Waals surface area (Å²) < 4.78 is 0. The molecule has 0 atom stereocenters. The molecule has 0 saturated heterocycles. The van der Waals surface area contributed by atoms with Crippen LogP contribution in [0.3, 0.4) is 0 Å². The Bertz CT molecular complexity index is 846. The van der Waals surface area contributed by atoms with Crippen LogP contribution < -0.4 is 0 Å². The molecule has 0 aliphatic carbocycles. The molecule has 2 heteroatoms. The Kier molecular flexibility index (Phi) is 6.88. The van der Waals surface area contributed by atoms with Crippen molar-refractivity contribution in [1.29, 1.82) is 0 Å². The highest BCUT2D eigenvalue weighted by molar-refractivity contribution is 6.15. The molecule has 0 aliphatic heterocycles. The maximum absolute atomic E-state index is 12.7. The van der Waals surface area contributed by atoms with Crippen molar-refractivity contribution < 1.29 is 4.79 Å². The zero-order valence-corrected chi connectivity index (χ0v) is 16.0. The van der Waals surface area contributed by atoms with Crippen LogP contribution >= 0.6 is 0 Å². The number of benzene rings is 2. The van der Waals surface area contributed by atoms with Crippen LogP contribution in [0.4, 0.5) is 0 Å². The SMILES string of the molecule is CCCCCCCCCCCC(=O)c1cccc2c1[nH]c1ccccc12. The van der Waals surface area contributed by atoms with E-state index in [0.29, 0.717) is 6.42 Å². The Hall–Kier alpha value is -2.09. The maximum Gasteiger partial charge on any atom is 0.164 e.